The van der Waals surface area contributed by atoms with Gasteiger partial charge in [-0.15, -0.1) is 0 Å². The quantitative estimate of drug-likeness (QED) is 0.812. The van der Waals surface area contributed by atoms with Gasteiger partial charge >= 0.3 is 0 Å². The Balaban J connectivity index is 1.78. The van der Waals surface area contributed by atoms with Crippen molar-refractivity contribution >= 4 is 11.8 Å². The van der Waals surface area contributed by atoms with Gasteiger partial charge in [-0.1, -0.05) is 25.8 Å². The summed E-state index contributed by atoms with van der Waals surface area (Å²) in [6, 6.07) is 4.10. The molecule has 5 nitrogen and oxygen atoms in total. The van der Waals surface area contributed by atoms with E-state index in [-0.39, 0.29) is 30.7 Å². The van der Waals surface area contributed by atoms with Gasteiger partial charge in [0.15, 0.2) is 0 Å². The number of rotatable bonds is 7. The molecule has 1 unspecified atom stereocenters. The summed E-state index contributed by atoms with van der Waals surface area (Å²) in [6.45, 7) is 4.01. The Hall–Kier alpha value is -1.91. The molecule has 1 heterocycles. The fourth-order valence-corrected chi connectivity index (χ4v) is 3.09. The van der Waals surface area contributed by atoms with Gasteiger partial charge < -0.3 is 10.6 Å². The number of pyridine rings is 1. The Bertz CT molecular complexity index is 539. The second-order valence-electron chi connectivity index (χ2n) is 6.28. The van der Waals surface area contributed by atoms with E-state index < -0.39 is 0 Å². The van der Waals surface area contributed by atoms with Crippen LogP contribution in [0.1, 0.15) is 69.2 Å². The second kappa shape index (κ2) is 8.65. The summed E-state index contributed by atoms with van der Waals surface area (Å²) >= 11 is 0. The van der Waals surface area contributed by atoms with Gasteiger partial charge in [-0.3, -0.25) is 14.6 Å². The minimum absolute atomic E-state index is 0.0193. The molecule has 1 aromatic rings. The Morgan fingerprint density at radius 2 is 1.96 bits per heavy atom. The molecule has 0 aliphatic heterocycles. The zero-order valence-electron chi connectivity index (χ0n) is 14.1. The normalized spacial score (nSPS) is 16.1. The lowest BCUT2D eigenvalue weighted by atomic mass is 10.1. The summed E-state index contributed by atoms with van der Waals surface area (Å²) in [5.74, 6) is -0.113. The highest BCUT2D eigenvalue weighted by Gasteiger charge is 2.19. The van der Waals surface area contributed by atoms with Gasteiger partial charge in [0.05, 0.1) is 11.7 Å². The van der Waals surface area contributed by atoms with Gasteiger partial charge in [0.2, 0.25) is 11.8 Å². The molecule has 2 amide bonds. The summed E-state index contributed by atoms with van der Waals surface area (Å²) in [5, 5.41) is 6.00. The predicted molar refractivity (Wildman–Crippen MR) is 89.8 cm³/mol. The van der Waals surface area contributed by atoms with Gasteiger partial charge in [0, 0.05) is 25.1 Å². The van der Waals surface area contributed by atoms with Gasteiger partial charge in [0.1, 0.15) is 0 Å². The Morgan fingerprint density at radius 3 is 2.61 bits per heavy atom. The van der Waals surface area contributed by atoms with Crippen LogP contribution in [-0.2, 0) is 9.59 Å². The molecule has 126 valence electrons. The average Bonchev–Trinajstić information content (AvgIpc) is 3.04. The molecule has 2 N–H and O–H groups in total. The Kier molecular flexibility index (Phi) is 6.56. The first-order valence-electron chi connectivity index (χ1n) is 8.60. The molecule has 1 aliphatic carbocycles. The fraction of sp³-hybridized carbons (Fsp3) is 0.611. The van der Waals surface area contributed by atoms with Gasteiger partial charge in [-0.25, -0.2) is 0 Å². The van der Waals surface area contributed by atoms with Crippen molar-refractivity contribution in [2.45, 2.75) is 70.9 Å². The highest BCUT2D eigenvalue weighted by Crippen LogP contribution is 2.19. The summed E-state index contributed by atoms with van der Waals surface area (Å²) in [4.78, 5) is 28.4. The van der Waals surface area contributed by atoms with Crippen LogP contribution in [0.4, 0.5) is 0 Å². The Morgan fingerprint density at radius 1 is 1.26 bits per heavy atom. The molecule has 5 heteroatoms. The van der Waals surface area contributed by atoms with E-state index in [1.54, 1.807) is 6.20 Å². The zero-order chi connectivity index (χ0) is 16.7. The molecule has 0 radical (unpaired) electrons. The molecular weight excluding hydrogens is 290 g/mol. The molecule has 1 fully saturated rings. The molecule has 23 heavy (non-hydrogen) atoms. The van der Waals surface area contributed by atoms with E-state index in [4.69, 9.17) is 0 Å². The van der Waals surface area contributed by atoms with Crippen LogP contribution in [0.2, 0.25) is 0 Å². The number of carbonyl (C=O) groups is 2. The smallest absolute Gasteiger partial charge is 0.221 e. The van der Waals surface area contributed by atoms with Crippen LogP contribution >= 0.6 is 0 Å². The maximum atomic E-state index is 12.1. The molecule has 0 spiro atoms. The van der Waals surface area contributed by atoms with E-state index in [0.29, 0.717) is 6.04 Å². The molecule has 0 saturated heterocycles. The number of nitrogens with zero attached hydrogens (tertiary/aromatic N) is 1. The van der Waals surface area contributed by atoms with E-state index in [2.05, 4.69) is 15.6 Å². The summed E-state index contributed by atoms with van der Waals surface area (Å²) in [5.41, 5.74) is 1.97. The standard InChI is InChI=1S/C18H27N3O2/c1-3-15(18-13(2)7-6-12-19-18)21-17(23)11-10-16(22)20-14-8-4-5-9-14/h6-7,12,14-15H,3-5,8-11H2,1-2H3,(H,20,22)(H,21,23). The summed E-state index contributed by atoms with van der Waals surface area (Å²) in [6.07, 6.45) is 7.49. The second-order valence-corrected chi connectivity index (χ2v) is 6.28. The number of hydrogen-bond donors (Lipinski definition) is 2. The minimum Gasteiger partial charge on any atom is -0.353 e. The average molecular weight is 317 g/mol. The molecule has 1 aromatic heterocycles. The van der Waals surface area contributed by atoms with E-state index in [0.717, 1.165) is 30.5 Å². The number of aromatic nitrogens is 1. The Labute approximate surface area is 138 Å². The topological polar surface area (TPSA) is 71.1 Å². The maximum absolute atomic E-state index is 12.1. The van der Waals surface area contributed by atoms with E-state index in [9.17, 15) is 9.59 Å². The molecule has 0 aromatic carbocycles. The van der Waals surface area contributed by atoms with Crippen molar-refractivity contribution in [1.29, 1.82) is 0 Å². The van der Waals surface area contributed by atoms with Crippen molar-refractivity contribution in [3.05, 3.63) is 29.6 Å². The number of aryl methyl sites for hydroxylation is 1. The van der Waals surface area contributed by atoms with Crippen LogP contribution in [0.3, 0.4) is 0 Å². The highest BCUT2D eigenvalue weighted by atomic mass is 16.2. The molecule has 1 saturated carbocycles. The van der Waals surface area contributed by atoms with Crippen molar-refractivity contribution < 1.29 is 9.59 Å². The lowest BCUT2D eigenvalue weighted by Crippen LogP contribution is -2.34. The monoisotopic (exact) mass is 317 g/mol. The van der Waals surface area contributed by atoms with E-state index >= 15 is 0 Å². The fourth-order valence-electron chi connectivity index (χ4n) is 3.09. The molecule has 1 atom stereocenters. The van der Waals surface area contributed by atoms with Crippen LogP contribution in [0.25, 0.3) is 0 Å². The lowest BCUT2D eigenvalue weighted by molar-refractivity contribution is -0.127. The maximum Gasteiger partial charge on any atom is 0.221 e. The van der Waals surface area contributed by atoms with Crippen molar-refractivity contribution in [3.8, 4) is 0 Å². The molecule has 0 bridgehead atoms. The van der Waals surface area contributed by atoms with E-state index in [1.807, 2.05) is 26.0 Å². The number of hydrogen-bond acceptors (Lipinski definition) is 3. The third-order valence-electron chi connectivity index (χ3n) is 4.42. The van der Waals surface area contributed by atoms with Crippen LogP contribution in [0.5, 0.6) is 0 Å². The molecular formula is C18H27N3O2. The van der Waals surface area contributed by atoms with Crippen LogP contribution < -0.4 is 10.6 Å². The number of nitrogens with one attached hydrogen (secondary N) is 2. The van der Waals surface area contributed by atoms with Crippen molar-refractivity contribution in [2.75, 3.05) is 0 Å². The first kappa shape index (κ1) is 17.4. The number of amides is 2. The molecule has 2 rings (SSSR count). The van der Waals surface area contributed by atoms with Gasteiger partial charge in [0.25, 0.3) is 0 Å². The van der Waals surface area contributed by atoms with Gasteiger partial charge in [-0.2, -0.15) is 0 Å². The van der Waals surface area contributed by atoms with E-state index in [1.165, 1.54) is 12.8 Å². The zero-order valence-corrected chi connectivity index (χ0v) is 14.1. The minimum atomic E-state index is -0.0957. The third-order valence-corrected chi connectivity index (χ3v) is 4.42. The first-order chi connectivity index (χ1) is 11.1. The van der Waals surface area contributed by atoms with Crippen molar-refractivity contribution in [3.63, 3.8) is 0 Å². The first-order valence-corrected chi connectivity index (χ1v) is 8.60. The van der Waals surface area contributed by atoms with Gasteiger partial charge in [-0.05, 0) is 37.8 Å². The van der Waals surface area contributed by atoms with Crippen molar-refractivity contribution in [2.24, 2.45) is 0 Å². The highest BCUT2D eigenvalue weighted by molar-refractivity contribution is 5.84. The van der Waals surface area contributed by atoms with Crippen LogP contribution in [0, 0.1) is 6.92 Å². The number of carbonyl (C=O) groups excluding carboxylic acids is 2. The van der Waals surface area contributed by atoms with Crippen LogP contribution in [-0.4, -0.2) is 22.8 Å². The lowest BCUT2D eigenvalue weighted by Gasteiger charge is -2.18. The third kappa shape index (κ3) is 5.34. The van der Waals surface area contributed by atoms with Crippen molar-refractivity contribution in [1.82, 2.24) is 15.6 Å². The summed E-state index contributed by atoms with van der Waals surface area (Å²) < 4.78 is 0. The predicted octanol–water partition coefficient (Wildman–Crippen LogP) is 2.80. The largest absolute Gasteiger partial charge is 0.353 e. The summed E-state index contributed by atoms with van der Waals surface area (Å²) in [7, 11) is 0. The SMILES string of the molecule is CCC(NC(=O)CCC(=O)NC1CCCC1)c1ncccc1C. The molecule has 1 aliphatic rings. The van der Waals surface area contributed by atoms with Crippen LogP contribution in [0.15, 0.2) is 18.3 Å².